The smallest absolute Gasteiger partial charge is 0.320 e. The number of benzene rings is 1. The minimum absolute atomic E-state index is 0.0275. The van der Waals surface area contributed by atoms with Gasteiger partial charge in [-0.25, -0.2) is 0 Å². The molecule has 4 fully saturated rings. The molecule has 1 aromatic rings. The van der Waals surface area contributed by atoms with Gasteiger partial charge in [-0.05, 0) is 67.8 Å². The number of rotatable bonds is 7. The van der Waals surface area contributed by atoms with Crippen LogP contribution in [0.3, 0.4) is 0 Å². The third-order valence-corrected chi connectivity index (χ3v) is 8.19. The second-order valence-electron chi connectivity index (χ2n) is 8.84. The molecule has 1 unspecified atom stereocenters. The van der Waals surface area contributed by atoms with Crippen LogP contribution < -0.4 is 10.1 Å². The van der Waals surface area contributed by atoms with Crippen molar-refractivity contribution in [2.45, 2.75) is 49.9 Å². The van der Waals surface area contributed by atoms with Crippen LogP contribution in [0.1, 0.15) is 44.1 Å². The summed E-state index contributed by atoms with van der Waals surface area (Å²) in [6.45, 7) is 0.0928. The van der Waals surface area contributed by atoms with Crippen LogP contribution in [-0.2, 0) is 20.9 Å². The highest BCUT2D eigenvalue weighted by molar-refractivity contribution is 9.10. The van der Waals surface area contributed by atoms with E-state index in [1.807, 2.05) is 24.3 Å². The first kappa shape index (κ1) is 19.7. The predicted octanol–water partition coefficient (Wildman–Crippen LogP) is 3.83. The second-order valence-corrected chi connectivity index (χ2v) is 9.75. The number of hydrogen-bond acceptors (Lipinski definition) is 4. The number of hydrogen-bond donors (Lipinski definition) is 1. The summed E-state index contributed by atoms with van der Waals surface area (Å²) < 4.78 is 10.7. The fraction of sp³-hybridized carbons (Fsp3) is 0.636. The first-order valence-corrected chi connectivity index (χ1v) is 11.1. The van der Waals surface area contributed by atoms with Crippen molar-refractivity contribution in [2.24, 2.45) is 23.2 Å². The Morgan fingerprint density at radius 2 is 1.75 bits per heavy atom. The number of methoxy groups -OCH3 is 1. The van der Waals surface area contributed by atoms with Gasteiger partial charge in [-0.15, -0.1) is 0 Å². The second kappa shape index (κ2) is 8.05. The van der Waals surface area contributed by atoms with Crippen LogP contribution in [0.15, 0.2) is 24.3 Å². The highest BCUT2D eigenvalue weighted by Crippen LogP contribution is 2.62. The van der Waals surface area contributed by atoms with E-state index in [0.717, 1.165) is 48.3 Å². The normalized spacial score (nSPS) is 31.3. The molecular weight excluding hydrogens is 422 g/mol. The molecule has 5 rings (SSSR count). The molecule has 0 heterocycles. The maximum Gasteiger partial charge on any atom is 0.320 e. The summed E-state index contributed by atoms with van der Waals surface area (Å²) >= 11 is 3.65. The lowest BCUT2D eigenvalue weighted by Crippen LogP contribution is -2.52. The molecule has 1 atom stereocenters. The quantitative estimate of drug-likeness (QED) is 0.507. The van der Waals surface area contributed by atoms with Gasteiger partial charge in [-0.1, -0.05) is 34.1 Å². The third-order valence-electron chi connectivity index (χ3n) is 6.84. The molecule has 1 amide bonds. The fourth-order valence-corrected chi connectivity index (χ4v) is 6.73. The van der Waals surface area contributed by atoms with Crippen molar-refractivity contribution in [1.29, 1.82) is 0 Å². The van der Waals surface area contributed by atoms with Gasteiger partial charge in [0.25, 0.3) is 5.91 Å². The van der Waals surface area contributed by atoms with E-state index in [-0.39, 0.29) is 28.7 Å². The lowest BCUT2D eigenvalue weighted by Gasteiger charge is -2.57. The zero-order chi connectivity index (χ0) is 19.7. The molecule has 28 heavy (non-hydrogen) atoms. The van der Waals surface area contributed by atoms with E-state index in [2.05, 4.69) is 21.2 Å². The van der Waals surface area contributed by atoms with Gasteiger partial charge in [-0.3, -0.25) is 9.59 Å². The first-order chi connectivity index (χ1) is 13.5. The van der Waals surface area contributed by atoms with Crippen LogP contribution in [0.25, 0.3) is 0 Å². The van der Waals surface area contributed by atoms with Crippen molar-refractivity contribution >= 4 is 27.8 Å². The van der Waals surface area contributed by atoms with Gasteiger partial charge in [0.15, 0.2) is 6.61 Å². The standard InChI is InChI=1S/C22H28BrNO4/c1-27-18-5-3-2-4-17(18)12-24-19(25)13-28-21(26)20(23)22-9-14-6-15(10-22)8-16(7-14)11-22/h2-5,14-16,20H,6-13H2,1H3,(H,24,25). The molecule has 0 aliphatic heterocycles. The van der Waals surface area contributed by atoms with Crippen molar-refractivity contribution in [2.75, 3.05) is 13.7 Å². The number of carbonyl (C=O) groups is 2. The molecule has 4 aliphatic rings. The van der Waals surface area contributed by atoms with Crippen LogP contribution in [0, 0.1) is 23.2 Å². The summed E-state index contributed by atoms with van der Waals surface area (Å²) in [6, 6.07) is 7.52. The Labute approximate surface area is 174 Å². The van der Waals surface area contributed by atoms with E-state index < -0.39 is 0 Å². The largest absolute Gasteiger partial charge is 0.496 e. The Bertz CT molecular complexity index is 715. The zero-order valence-corrected chi connectivity index (χ0v) is 17.9. The average Bonchev–Trinajstić information content (AvgIpc) is 2.69. The summed E-state index contributed by atoms with van der Waals surface area (Å²) in [4.78, 5) is 24.5. The molecule has 4 saturated carbocycles. The molecule has 4 aliphatic carbocycles. The predicted molar refractivity (Wildman–Crippen MR) is 109 cm³/mol. The van der Waals surface area contributed by atoms with Crippen LogP contribution in [0.4, 0.5) is 0 Å². The molecule has 0 spiro atoms. The number of nitrogens with one attached hydrogen (secondary N) is 1. The summed E-state index contributed by atoms with van der Waals surface area (Å²) in [5.74, 6) is 2.43. The van der Waals surface area contributed by atoms with Crippen molar-refractivity contribution in [3.63, 3.8) is 0 Å². The minimum atomic E-state index is -0.310. The monoisotopic (exact) mass is 449 g/mol. The Morgan fingerprint density at radius 3 is 2.36 bits per heavy atom. The molecule has 4 bridgehead atoms. The van der Waals surface area contributed by atoms with E-state index in [9.17, 15) is 9.59 Å². The molecule has 0 aromatic heterocycles. The van der Waals surface area contributed by atoms with Gasteiger partial charge < -0.3 is 14.8 Å². The first-order valence-electron chi connectivity index (χ1n) is 10.2. The molecule has 6 heteroatoms. The lowest BCUT2D eigenvalue weighted by molar-refractivity contribution is -0.154. The van der Waals surface area contributed by atoms with Gasteiger partial charge in [0.05, 0.1) is 7.11 Å². The number of ether oxygens (including phenoxy) is 2. The number of esters is 1. The zero-order valence-electron chi connectivity index (χ0n) is 16.3. The number of alkyl halides is 1. The van der Waals surface area contributed by atoms with E-state index in [4.69, 9.17) is 9.47 Å². The van der Waals surface area contributed by atoms with Crippen LogP contribution in [0.5, 0.6) is 5.75 Å². The Morgan fingerprint density at radius 1 is 1.14 bits per heavy atom. The van der Waals surface area contributed by atoms with Gasteiger partial charge in [-0.2, -0.15) is 0 Å². The fourth-order valence-electron chi connectivity index (χ4n) is 6.04. The van der Waals surface area contributed by atoms with Crippen LogP contribution in [0.2, 0.25) is 0 Å². The Hall–Kier alpha value is -1.56. The van der Waals surface area contributed by atoms with Gasteiger partial charge in [0, 0.05) is 12.1 Å². The summed E-state index contributed by atoms with van der Waals surface area (Å²) in [5, 5.41) is 2.79. The van der Waals surface area contributed by atoms with Crippen LogP contribution >= 0.6 is 15.9 Å². The van der Waals surface area contributed by atoms with Gasteiger partial charge in [0.1, 0.15) is 10.6 Å². The maximum absolute atomic E-state index is 12.7. The van der Waals surface area contributed by atoms with Crippen molar-refractivity contribution < 1.29 is 19.1 Å². The van der Waals surface area contributed by atoms with Crippen molar-refractivity contribution in [1.82, 2.24) is 5.32 Å². The minimum Gasteiger partial charge on any atom is -0.496 e. The molecule has 0 radical (unpaired) electrons. The molecule has 5 nitrogen and oxygen atoms in total. The number of carbonyl (C=O) groups excluding carboxylic acids is 2. The summed E-state index contributed by atoms with van der Waals surface area (Å²) in [5.41, 5.74) is 0.913. The summed E-state index contributed by atoms with van der Waals surface area (Å²) in [6.07, 6.45) is 7.34. The van der Waals surface area contributed by atoms with Gasteiger partial charge in [0.2, 0.25) is 0 Å². The molecule has 1 N–H and O–H groups in total. The molecule has 1 aromatic carbocycles. The molecular formula is C22H28BrNO4. The number of para-hydroxylation sites is 1. The van der Waals surface area contributed by atoms with Crippen molar-refractivity contribution in [3.05, 3.63) is 29.8 Å². The molecule has 0 saturated heterocycles. The highest BCUT2D eigenvalue weighted by Gasteiger charge is 2.55. The Kier molecular flexibility index (Phi) is 5.68. The SMILES string of the molecule is COc1ccccc1CNC(=O)COC(=O)C(Br)C12CC3CC(CC(C3)C1)C2. The van der Waals surface area contributed by atoms with Gasteiger partial charge >= 0.3 is 5.97 Å². The summed E-state index contributed by atoms with van der Waals surface area (Å²) in [7, 11) is 1.60. The maximum atomic E-state index is 12.7. The highest BCUT2D eigenvalue weighted by atomic mass is 79.9. The number of halogens is 1. The average molecular weight is 450 g/mol. The Balaban J connectivity index is 1.28. The topological polar surface area (TPSA) is 64.6 Å². The van der Waals surface area contributed by atoms with Crippen molar-refractivity contribution in [3.8, 4) is 5.75 Å². The molecule has 152 valence electrons. The van der Waals surface area contributed by atoms with Crippen LogP contribution in [-0.4, -0.2) is 30.4 Å². The van der Waals surface area contributed by atoms with E-state index >= 15 is 0 Å². The van der Waals surface area contributed by atoms with E-state index in [1.165, 1.54) is 19.3 Å². The third kappa shape index (κ3) is 3.93. The van der Waals surface area contributed by atoms with E-state index in [1.54, 1.807) is 7.11 Å². The van der Waals surface area contributed by atoms with E-state index in [0.29, 0.717) is 6.54 Å². The number of amides is 1. The lowest BCUT2D eigenvalue weighted by atomic mass is 9.49.